The summed E-state index contributed by atoms with van der Waals surface area (Å²) in [4.78, 5) is 26.3. The Hall–Kier alpha value is -3.70. The number of hydrogen-bond acceptors (Lipinski definition) is 6. The molecule has 2 aromatic carbocycles. The molecule has 8 heteroatoms. The molecular weight excluding hydrogens is 391 g/mol. The smallest absolute Gasteiger partial charge is 0.343 e. The molecule has 7 nitrogen and oxygen atoms in total. The first-order chi connectivity index (χ1) is 14.5. The lowest BCUT2D eigenvalue weighted by Crippen LogP contribution is -2.41. The number of nitriles is 1. The van der Waals surface area contributed by atoms with Crippen LogP contribution in [0.1, 0.15) is 15.9 Å². The van der Waals surface area contributed by atoms with Crippen LogP contribution >= 0.6 is 0 Å². The number of esters is 1. The zero-order valence-corrected chi connectivity index (χ0v) is 16.3. The maximum absolute atomic E-state index is 13.3. The van der Waals surface area contributed by atoms with Crippen LogP contribution in [0.4, 0.5) is 4.39 Å². The first-order valence-electron chi connectivity index (χ1n) is 9.16. The standard InChI is InChI=1S/C22H19FN2O5/c1-28-20-12-15(11-17(14-24)21(26)25-7-9-29-10-8-25)5-6-19(20)30-22(27)16-3-2-4-18(23)13-16/h2-6,11-13H,7-10H2,1H3/b17-11+. The molecule has 1 amide bonds. The zero-order valence-electron chi connectivity index (χ0n) is 16.3. The molecule has 1 heterocycles. The van der Waals surface area contributed by atoms with Gasteiger partial charge in [-0.3, -0.25) is 4.79 Å². The lowest BCUT2D eigenvalue weighted by Gasteiger charge is -2.26. The van der Waals surface area contributed by atoms with Gasteiger partial charge < -0.3 is 19.1 Å². The van der Waals surface area contributed by atoms with E-state index < -0.39 is 11.8 Å². The monoisotopic (exact) mass is 410 g/mol. The van der Waals surface area contributed by atoms with Crippen LogP contribution in [0.5, 0.6) is 11.5 Å². The van der Waals surface area contributed by atoms with Crippen LogP contribution in [0.25, 0.3) is 6.08 Å². The van der Waals surface area contributed by atoms with Gasteiger partial charge in [0.25, 0.3) is 5.91 Å². The molecule has 0 N–H and O–H groups in total. The molecule has 0 atom stereocenters. The molecule has 1 aliphatic heterocycles. The average molecular weight is 410 g/mol. The van der Waals surface area contributed by atoms with Gasteiger partial charge in [-0.05, 0) is 42.0 Å². The first kappa shape index (κ1) is 21.0. The Kier molecular flexibility index (Phi) is 6.78. The minimum atomic E-state index is -0.740. The second-order valence-electron chi connectivity index (χ2n) is 6.38. The summed E-state index contributed by atoms with van der Waals surface area (Å²) >= 11 is 0. The number of morpholine rings is 1. The predicted molar refractivity (Wildman–Crippen MR) is 105 cm³/mol. The molecule has 1 fully saturated rings. The SMILES string of the molecule is COc1cc(/C=C(\C#N)C(=O)N2CCOCC2)ccc1OC(=O)c1cccc(F)c1. The van der Waals surface area contributed by atoms with E-state index in [2.05, 4.69) is 0 Å². The van der Waals surface area contributed by atoms with Gasteiger partial charge in [-0.2, -0.15) is 5.26 Å². The van der Waals surface area contributed by atoms with Crippen LogP contribution in [0, 0.1) is 17.1 Å². The van der Waals surface area contributed by atoms with Gasteiger partial charge in [-0.15, -0.1) is 0 Å². The van der Waals surface area contributed by atoms with Crippen molar-refractivity contribution in [3.8, 4) is 17.6 Å². The Balaban J connectivity index is 1.80. The topological polar surface area (TPSA) is 88.9 Å². The molecule has 2 aromatic rings. The Morgan fingerprint density at radius 3 is 2.60 bits per heavy atom. The van der Waals surface area contributed by atoms with Crippen molar-refractivity contribution in [3.63, 3.8) is 0 Å². The van der Waals surface area contributed by atoms with E-state index in [0.717, 1.165) is 6.07 Å². The van der Waals surface area contributed by atoms with Gasteiger partial charge in [0.2, 0.25) is 0 Å². The minimum Gasteiger partial charge on any atom is -0.493 e. The molecule has 0 bridgehead atoms. The largest absolute Gasteiger partial charge is 0.493 e. The molecule has 0 aromatic heterocycles. The molecule has 0 saturated carbocycles. The third-order valence-corrected chi connectivity index (χ3v) is 4.41. The van der Waals surface area contributed by atoms with E-state index in [1.807, 2.05) is 6.07 Å². The predicted octanol–water partition coefficient (Wildman–Crippen LogP) is 2.82. The summed E-state index contributed by atoms with van der Waals surface area (Å²) in [6, 6.07) is 11.7. The molecule has 0 unspecified atom stereocenters. The van der Waals surface area contributed by atoms with E-state index in [1.54, 1.807) is 11.0 Å². The maximum atomic E-state index is 13.3. The van der Waals surface area contributed by atoms with Crippen LogP contribution in [-0.2, 0) is 9.53 Å². The highest BCUT2D eigenvalue weighted by atomic mass is 19.1. The van der Waals surface area contributed by atoms with E-state index in [1.165, 1.54) is 43.5 Å². The second-order valence-corrected chi connectivity index (χ2v) is 6.38. The van der Waals surface area contributed by atoms with Crippen molar-refractivity contribution in [3.05, 3.63) is 65.0 Å². The highest BCUT2D eigenvalue weighted by Crippen LogP contribution is 2.30. The number of methoxy groups -OCH3 is 1. The van der Waals surface area contributed by atoms with Gasteiger partial charge in [0, 0.05) is 13.1 Å². The molecule has 3 rings (SSSR count). The highest BCUT2D eigenvalue weighted by molar-refractivity contribution is 6.01. The van der Waals surface area contributed by atoms with Crippen LogP contribution < -0.4 is 9.47 Å². The van der Waals surface area contributed by atoms with E-state index in [-0.39, 0.29) is 28.5 Å². The Labute approximate surface area is 172 Å². The van der Waals surface area contributed by atoms with E-state index >= 15 is 0 Å². The van der Waals surface area contributed by atoms with Crippen molar-refractivity contribution >= 4 is 18.0 Å². The summed E-state index contributed by atoms with van der Waals surface area (Å²) in [5.41, 5.74) is 0.558. The Morgan fingerprint density at radius 2 is 1.93 bits per heavy atom. The lowest BCUT2D eigenvalue weighted by atomic mass is 10.1. The quantitative estimate of drug-likeness (QED) is 0.326. The summed E-state index contributed by atoms with van der Waals surface area (Å²) in [6.45, 7) is 1.72. The molecule has 30 heavy (non-hydrogen) atoms. The summed E-state index contributed by atoms with van der Waals surface area (Å²) in [5.74, 6) is -1.31. The number of hydrogen-bond donors (Lipinski definition) is 0. The van der Waals surface area contributed by atoms with Gasteiger partial charge >= 0.3 is 5.97 Å². The van der Waals surface area contributed by atoms with Gasteiger partial charge in [0.1, 0.15) is 17.5 Å². The zero-order chi connectivity index (χ0) is 21.5. The molecular formula is C22H19FN2O5. The van der Waals surface area contributed by atoms with E-state index in [4.69, 9.17) is 14.2 Å². The average Bonchev–Trinajstić information content (AvgIpc) is 2.78. The summed E-state index contributed by atoms with van der Waals surface area (Å²) in [6.07, 6.45) is 1.44. The fraction of sp³-hybridized carbons (Fsp3) is 0.227. The Bertz CT molecular complexity index is 1020. The van der Waals surface area contributed by atoms with Crippen LogP contribution in [0.2, 0.25) is 0 Å². The maximum Gasteiger partial charge on any atom is 0.343 e. The van der Waals surface area contributed by atoms with Crippen molar-refractivity contribution in [1.29, 1.82) is 5.26 Å². The minimum absolute atomic E-state index is 0.0246. The van der Waals surface area contributed by atoms with Gasteiger partial charge in [0.05, 0.1) is 25.9 Å². The van der Waals surface area contributed by atoms with E-state index in [9.17, 15) is 19.2 Å². The summed E-state index contributed by atoms with van der Waals surface area (Å²) < 4.78 is 29.1. The number of amides is 1. The fourth-order valence-corrected chi connectivity index (χ4v) is 2.88. The number of nitrogens with zero attached hydrogens (tertiary/aromatic N) is 2. The molecule has 1 aliphatic rings. The first-order valence-corrected chi connectivity index (χ1v) is 9.16. The number of carbonyl (C=O) groups excluding carboxylic acids is 2. The molecule has 1 saturated heterocycles. The third kappa shape index (κ3) is 5.01. The summed E-state index contributed by atoms with van der Waals surface area (Å²) in [5, 5.41) is 9.41. The number of carbonyl (C=O) groups is 2. The highest BCUT2D eigenvalue weighted by Gasteiger charge is 2.21. The number of benzene rings is 2. The fourth-order valence-electron chi connectivity index (χ4n) is 2.88. The molecule has 0 radical (unpaired) electrons. The van der Waals surface area contributed by atoms with Crippen LogP contribution in [-0.4, -0.2) is 50.2 Å². The third-order valence-electron chi connectivity index (χ3n) is 4.41. The summed E-state index contributed by atoms with van der Waals surface area (Å²) in [7, 11) is 1.40. The lowest BCUT2D eigenvalue weighted by molar-refractivity contribution is -0.130. The van der Waals surface area contributed by atoms with Gasteiger partial charge in [-0.25, -0.2) is 9.18 Å². The molecule has 154 valence electrons. The van der Waals surface area contributed by atoms with Crippen molar-refractivity contribution in [2.45, 2.75) is 0 Å². The van der Waals surface area contributed by atoms with E-state index in [0.29, 0.717) is 31.9 Å². The second kappa shape index (κ2) is 9.67. The molecule has 0 aliphatic carbocycles. The van der Waals surface area contributed by atoms with Crippen LogP contribution in [0.3, 0.4) is 0 Å². The Morgan fingerprint density at radius 1 is 1.17 bits per heavy atom. The number of ether oxygens (including phenoxy) is 3. The van der Waals surface area contributed by atoms with Gasteiger partial charge in [0.15, 0.2) is 11.5 Å². The van der Waals surface area contributed by atoms with Crippen molar-refractivity contribution < 1.29 is 28.2 Å². The normalized spacial score (nSPS) is 14.0. The number of halogens is 1. The van der Waals surface area contributed by atoms with Crippen molar-refractivity contribution in [2.75, 3.05) is 33.4 Å². The van der Waals surface area contributed by atoms with Crippen molar-refractivity contribution in [1.82, 2.24) is 4.90 Å². The number of rotatable bonds is 5. The molecule has 0 spiro atoms. The van der Waals surface area contributed by atoms with Crippen molar-refractivity contribution in [2.24, 2.45) is 0 Å². The van der Waals surface area contributed by atoms with Gasteiger partial charge in [-0.1, -0.05) is 12.1 Å². The van der Waals surface area contributed by atoms with Crippen LogP contribution in [0.15, 0.2) is 48.0 Å².